The fraction of sp³-hybridized carbons (Fsp3) is 0.333. The van der Waals surface area contributed by atoms with Crippen LogP contribution in [0.4, 0.5) is 14.6 Å². The van der Waals surface area contributed by atoms with E-state index in [4.69, 9.17) is 5.84 Å². The number of nitrogens with two attached hydrogens (primary N) is 1. The van der Waals surface area contributed by atoms with Gasteiger partial charge in [-0.3, -0.25) is 20.4 Å². The van der Waals surface area contributed by atoms with Crippen LogP contribution < -0.4 is 11.2 Å². The summed E-state index contributed by atoms with van der Waals surface area (Å²) >= 11 is 0. The largest absolute Gasteiger partial charge is 0.319 e. The number of amides is 2. The van der Waals surface area contributed by atoms with Crippen LogP contribution in [-0.2, 0) is 33.4 Å². The summed E-state index contributed by atoms with van der Waals surface area (Å²) in [7, 11) is 0. The van der Waals surface area contributed by atoms with Crippen molar-refractivity contribution in [3.05, 3.63) is 88.4 Å². The third kappa shape index (κ3) is 3.88. The third-order valence-corrected chi connectivity index (χ3v) is 8.53. The second kappa shape index (κ2) is 8.91. The lowest BCUT2D eigenvalue weighted by Gasteiger charge is -2.53. The van der Waals surface area contributed by atoms with Crippen LogP contribution in [0.5, 0.6) is 0 Å². The van der Waals surface area contributed by atoms with E-state index in [0.717, 1.165) is 22.9 Å². The minimum Gasteiger partial charge on any atom is -0.319 e. The molecule has 40 heavy (non-hydrogen) atoms. The van der Waals surface area contributed by atoms with E-state index in [1.807, 2.05) is 18.2 Å². The topological polar surface area (TPSA) is 104 Å². The van der Waals surface area contributed by atoms with Gasteiger partial charge < -0.3 is 10.2 Å². The molecule has 6 rings (SSSR count). The summed E-state index contributed by atoms with van der Waals surface area (Å²) in [6, 6.07) is 8.91. The molecule has 3 aliphatic rings. The monoisotopic (exact) mass is 542 g/mol. The zero-order chi connectivity index (χ0) is 28.4. The number of nitrogens with zero attached hydrogens (tertiary/aromatic N) is 4. The minimum atomic E-state index is -1.13. The predicted octanol–water partition coefficient (Wildman–Crippen LogP) is 2.81. The smallest absolute Gasteiger partial charge is 0.245 e. The molecule has 2 atom stereocenters. The van der Waals surface area contributed by atoms with Gasteiger partial charge in [0.05, 0.1) is 17.5 Å². The Bertz CT molecular complexity index is 1630. The summed E-state index contributed by atoms with van der Waals surface area (Å²) in [5.74, 6) is 11.1. The molecule has 2 amide bonds. The van der Waals surface area contributed by atoms with Crippen LogP contribution in [0.25, 0.3) is 0 Å². The fourth-order valence-electron chi connectivity index (χ4n) is 6.06. The molecule has 0 saturated carbocycles. The van der Waals surface area contributed by atoms with Crippen molar-refractivity contribution in [1.29, 1.82) is 0 Å². The van der Waals surface area contributed by atoms with Crippen LogP contribution >= 0.6 is 0 Å². The maximum absolute atomic E-state index is 14.2. The Morgan fingerprint density at radius 3 is 2.58 bits per heavy atom. The van der Waals surface area contributed by atoms with Crippen molar-refractivity contribution in [3.8, 4) is 11.8 Å². The molecule has 1 aliphatic carbocycles. The number of aromatic nitrogens is 2. The number of piperazine rings is 1. The zero-order valence-corrected chi connectivity index (χ0v) is 22.4. The first-order chi connectivity index (χ1) is 18.9. The van der Waals surface area contributed by atoms with Crippen molar-refractivity contribution < 1.29 is 18.4 Å². The molecule has 4 heterocycles. The molecule has 1 spiro atoms. The Kier molecular flexibility index (Phi) is 5.80. The van der Waals surface area contributed by atoms with Crippen LogP contribution in [0.3, 0.4) is 0 Å². The number of hydrogen-bond donors (Lipinski definition) is 2. The van der Waals surface area contributed by atoms with E-state index in [1.54, 1.807) is 33.2 Å². The number of rotatable bonds is 2. The molecule has 1 saturated heterocycles. The van der Waals surface area contributed by atoms with Crippen LogP contribution in [0.15, 0.2) is 48.8 Å². The van der Waals surface area contributed by atoms with Gasteiger partial charge in [0.1, 0.15) is 23.0 Å². The molecule has 2 aliphatic heterocycles. The average molecular weight is 543 g/mol. The van der Waals surface area contributed by atoms with Gasteiger partial charge in [-0.1, -0.05) is 17.9 Å². The minimum absolute atomic E-state index is 0.00715. The zero-order valence-electron chi connectivity index (χ0n) is 22.4. The van der Waals surface area contributed by atoms with Gasteiger partial charge in [0.25, 0.3) is 0 Å². The molecular weight excluding hydrogens is 514 g/mol. The van der Waals surface area contributed by atoms with Gasteiger partial charge in [0, 0.05) is 48.2 Å². The lowest BCUT2D eigenvalue weighted by atomic mass is 9.80. The number of halogens is 2. The van der Waals surface area contributed by atoms with Crippen molar-refractivity contribution in [2.45, 2.75) is 50.1 Å². The Morgan fingerprint density at radius 1 is 1.07 bits per heavy atom. The third-order valence-electron chi connectivity index (χ3n) is 8.53. The van der Waals surface area contributed by atoms with E-state index in [2.05, 4.69) is 27.1 Å². The second-order valence-electron chi connectivity index (χ2n) is 11.4. The highest BCUT2D eigenvalue weighted by atomic mass is 19.1. The second-order valence-corrected chi connectivity index (χ2v) is 11.4. The number of carbonyl (C=O) groups excluding carboxylic acids is 2. The van der Waals surface area contributed by atoms with Crippen molar-refractivity contribution in [3.63, 3.8) is 0 Å². The van der Waals surface area contributed by atoms with Gasteiger partial charge in [0.2, 0.25) is 11.8 Å². The summed E-state index contributed by atoms with van der Waals surface area (Å²) < 4.78 is 28.3. The van der Waals surface area contributed by atoms with Crippen LogP contribution in [0.1, 0.15) is 48.7 Å². The molecule has 8 nitrogen and oxygen atoms in total. The van der Waals surface area contributed by atoms with E-state index < -0.39 is 28.1 Å². The molecule has 1 fully saturated rings. The number of fused-ring (bicyclic) bond motifs is 3. The molecule has 204 valence electrons. The molecule has 1 aromatic carbocycles. The van der Waals surface area contributed by atoms with Crippen LogP contribution in [0.2, 0.25) is 0 Å². The van der Waals surface area contributed by atoms with E-state index in [1.165, 1.54) is 22.0 Å². The Morgan fingerprint density at radius 2 is 1.82 bits per heavy atom. The number of hydrazine groups is 1. The lowest BCUT2D eigenvalue weighted by Crippen LogP contribution is -2.71. The normalized spacial score (nSPS) is 24.9. The van der Waals surface area contributed by atoms with E-state index in [-0.39, 0.29) is 24.9 Å². The van der Waals surface area contributed by atoms with Gasteiger partial charge >= 0.3 is 0 Å². The number of hydrogen-bond acceptors (Lipinski definition) is 6. The van der Waals surface area contributed by atoms with Gasteiger partial charge in [-0.15, -0.1) is 0 Å². The molecule has 0 unspecified atom stereocenters. The van der Waals surface area contributed by atoms with Crippen molar-refractivity contribution in [2.75, 3.05) is 18.4 Å². The standard InChI is InChI=1S/C30H28F2N6O2/c1-28(2)27(40)37(29(3,17-38(28)33)20-11-21(31)13-22(32)12-20)9-5-6-18-10-19-14-30(15-24(19)35-16-18)23-7-4-8-34-25(23)36-26(30)39/h4,7-8,10-13,16H,9,14-15,17,33H2,1-3H3,(H,34,36,39)/t29-,30-/m0/s1. The number of benzene rings is 1. The highest BCUT2D eigenvalue weighted by molar-refractivity contribution is 6.06. The number of anilines is 1. The van der Waals surface area contributed by atoms with Crippen molar-refractivity contribution in [1.82, 2.24) is 19.9 Å². The number of pyridine rings is 2. The van der Waals surface area contributed by atoms with E-state index in [0.29, 0.717) is 29.8 Å². The van der Waals surface area contributed by atoms with Crippen LogP contribution in [-0.4, -0.2) is 50.3 Å². The highest BCUT2D eigenvalue weighted by Gasteiger charge is 2.52. The highest BCUT2D eigenvalue weighted by Crippen LogP contribution is 2.46. The quantitative estimate of drug-likeness (QED) is 0.381. The maximum Gasteiger partial charge on any atom is 0.245 e. The molecule has 10 heteroatoms. The molecular formula is C30H28F2N6O2. The van der Waals surface area contributed by atoms with Gasteiger partial charge in [0.15, 0.2) is 0 Å². The van der Waals surface area contributed by atoms with Crippen molar-refractivity contribution in [2.24, 2.45) is 5.84 Å². The molecule has 0 bridgehead atoms. The van der Waals surface area contributed by atoms with E-state index in [9.17, 15) is 18.4 Å². The average Bonchev–Trinajstić information content (AvgIpc) is 3.41. The Hall–Kier alpha value is -4.20. The Labute approximate surface area is 230 Å². The lowest BCUT2D eigenvalue weighted by molar-refractivity contribution is -0.161. The summed E-state index contributed by atoms with van der Waals surface area (Å²) in [4.78, 5) is 37.0. The van der Waals surface area contributed by atoms with Gasteiger partial charge in [-0.05, 0) is 62.6 Å². The predicted molar refractivity (Wildman–Crippen MR) is 143 cm³/mol. The fourth-order valence-corrected chi connectivity index (χ4v) is 6.06. The van der Waals surface area contributed by atoms with Crippen molar-refractivity contribution >= 4 is 17.6 Å². The van der Waals surface area contributed by atoms with Gasteiger partial charge in [-0.25, -0.2) is 18.8 Å². The number of carbonyl (C=O) groups is 2. The van der Waals surface area contributed by atoms with Crippen LogP contribution in [0, 0.1) is 23.5 Å². The SMILES string of the molecule is CC1(C)C(=O)N(CC#Cc2cnc3c(c2)C[C@@]2(C3)C(=O)Nc3ncccc32)[C@](C)(c2cc(F)cc(F)c2)CN1N. The summed E-state index contributed by atoms with van der Waals surface area (Å²) in [5, 5.41) is 4.29. The molecule has 0 radical (unpaired) electrons. The summed E-state index contributed by atoms with van der Waals surface area (Å²) in [6.45, 7) is 5.29. The maximum atomic E-state index is 14.2. The number of nitrogens with one attached hydrogen (secondary N) is 1. The first kappa shape index (κ1) is 26.0. The summed E-state index contributed by atoms with van der Waals surface area (Å²) in [5.41, 5.74) is 0.694. The Balaban J connectivity index is 1.29. The summed E-state index contributed by atoms with van der Waals surface area (Å²) in [6.07, 6.45) is 4.29. The molecule has 2 aromatic heterocycles. The first-order valence-electron chi connectivity index (χ1n) is 13.0. The van der Waals surface area contributed by atoms with Gasteiger partial charge in [-0.2, -0.15) is 0 Å². The first-order valence-corrected chi connectivity index (χ1v) is 13.0. The van der Waals surface area contributed by atoms with E-state index >= 15 is 0 Å². The molecule has 3 aromatic rings. The molecule has 3 N–H and O–H groups in total.